The quantitative estimate of drug-likeness (QED) is 0.320. The van der Waals surface area contributed by atoms with Crippen LogP contribution >= 0.6 is 0 Å². The summed E-state index contributed by atoms with van der Waals surface area (Å²) in [6.45, 7) is 11.7. The van der Waals surface area contributed by atoms with Crippen molar-refractivity contribution in [2.75, 3.05) is 0 Å². The first-order valence-corrected chi connectivity index (χ1v) is 9.84. The Labute approximate surface area is 140 Å². The molecule has 0 heterocycles. The van der Waals surface area contributed by atoms with Gasteiger partial charge in [0, 0.05) is 6.42 Å². The molecule has 1 heteroatoms. The second-order valence-electron chi connectivity index (χ2n) is 7.97. The highest BCUT2D eigenvalue weighted by Crippen LogP contribution is 2.22. The minimum atomic E-state index is 0.523. The van der Waals surface area contributed by atoms with Crippen LogP contribution in [0.2, 0.25) is 0 Å². The summed E-state index contributed by atoms with van der Waals surface area (Å²) < 4.78 is 0. The number of carbonyl (C=O) groups excluding carboxylic acids is 1. The molecule has 0 aliphatic carbocycles. The van der Waals surface area contributed by atoms with E-state index in [0.29, 0.717) is 12.3 Å². The number of hydrogen-bond donors (Lipinski definition) is 0. The molecular formula is C21H41O. The Morgan fingerprint density at radius 2 is 1.00 bits per heavy atom. The van der Waals surface area contributed by atoms with Crippen molar-refractivity contribution >= 4 is 6.29 Å². The summed E-state index contributed by atoms with van der Waals surface area (Å²) in [5.74, 6) is 3.18. The van der Waals surface area contributed by atoms with Crippen molar-refractivity contribution in [2.24, 2.45) is 23.7 Å². The molecule has 0 fully saturated rings. The monoisotopic (exact) mass is 309 g/mol. The van der Waals surface area contributed by atoms with Crippen molar-refractivity contribution < 1.29 is 4.79 Å². The fourth-order valence-electron chi connectivity index (χ4n) is 3.18. The fourth-order valence-corrected chi connectivity index (χ4v) is 3.18. The summed E-state index contributed by atoms with van der Waals surface area (Å²) in [5, 5.41) is 0. The van der Waals surface area contributed by atoms with Crippen molar-refractivity contribution in [2.45, 2.75) is 105 Å². The first kappa shape index (κ1) is 21.7. The average Bonchev–Trinajstić information content (AvgIpc) is 2.47. The molecule has 22 heavy (non-hydrogen) atoms. The van der Waals surface area contributed by atoms with Crippen LogP contribution < -0.4 is 0 Å². The van der Waals surface area contributed by atoms with Crippen LogP contribution in [0, 0.1) is 23.7 Å². The van der Waals surface area contributed by atoms with Gasteiger partial charge in [-0.15, -0.1) is 0 Å². The van der Waals surface area contributed by atoms with Crippen LogP contribution in [-0.2, 0) is 4.79 Å². The fraction of sp³-hybridized carbons (Fsp3) is 0.952. The molecule has 0 aliphatic rings. The molecule has 0 amide bonds. The van der Waals surface area contributed by atoms with E-state index in [1.54, 1.807) is 0 Å². The van der Waals surface area contributed by atoms with Gasteiger partial charge in [0.1, 0.15) is 0 Å². The van der Waals surface area contributed by atoms with Crippen LogP contribution in [-0.4, -0.2) is 6.29 Å². The molecule has 1 nitrogen and oxygen atoms in total. The van der Waals surface area contributed by atoms with Crippen molar-refractivity contribution in [3.63, 3.8) is 0 Å². The molecule has 0 N–H and O–H groups in total. The molecule has 0 rings (SSSR count). The first-order chi connectivity index (χ1) is 10.5. The van der Waals surface area contributed by atoms with E-state index in [1.807, 2.05) is 6.29 Å². The maximum absolute atomic E-state index is 10.3. The van der Waals surface area contributed by atoms with Crippen LogP contribution in [0.1, 0.15) is 105 Å². The summed E-state index contributed by atoms with van der Waals surface area (Å²) in [4.78, 5) is 10.3. The van der Waals surface area contributed by atoms with Gasteiger partial charge in [-0.05, 0) is 23.7 Å². The largest absolute Gasteiger partial charge is 0.291 e. The number of hydrogen-bond acceptors (Lipinski definition) is 1. The van der Waals surface area contributed by atoms with Gasteiger partial charge in [-0.1, -0.05) is 98.8 Å². The van der Waals surface area contributed by atoms with Gasteiger partial charge in [0.05, 0.1) is 0 Å². The third kappa shape index (κ3) is 13.3. The smallest absolute Gasteiger partial charge is 0.198 e. The van der Waals surface area contributed by atoms with Crippen molar-refractivity contribution in [1.82, 2.24) is 0 Å². The SMILES string of the molecule is CCC(C)CCCC(C)CCCC(C)CCCC(C)C[C]=O. The Balaban J connectivity index is 3.50. The van der Waals surface area contributed by atoms with E-state index in [4.69, 9.17) is 0 Å². The van der Waals surface area contributed by atoms with E-state index >= 15 is 0 Å². The van der Waals surface area contributed by atoms with E-state index in [2.05, 4.69) is 34.6 Å². The van der Waals surface area contributed by atoms with E-state index in [1.165, 1.54) is 64.2 Å². The van der Waals surface area contributed by atoms with Crippen molar-refractivity contribution in [1.29, 1.82) is 0 Å². The Kier molecular flexibility index (Phi) is 14.1. The Bertz CT molecular complexity index is 248. The van der Waals surface area contributed by atoms with E-state index in [9.17, 15) is 4.79 Å². The summed E-state index contributed by atoms with van der Waals surface area (Å²) in [6.07, 6.45) is 16.2. The molecule has 4 atom stereocenters. The molecule has 0 aliphatic heterocycles. The Hall–Kier alpha value is -0.330. The van der Waals surface area contributed by atoms with Crippen LogP contribution in [0.25, 0.3) is 0 Å². The zero-order valence-electron chi connectivity index (χ0n) is 16.0. The third-order valence-electron chi connectivity index (χ3n) is 5.31. The van der Waals surface area contributed by atoms with Gasteiger partial charge in [-0.25, -0.2) is 0 Å². The normalized spacial score (nSPS) is 17.0. The van der Waals surface area contributed by atoms with E-state index in [-0.39, 0.29) is 0 Å². The van der Waals surface area contributed by atoms with Gasteiger partial charge >= 0.3 is 0 Å². The van der Waals surface area contributed by atoms with Gasteiger partial charge in [-0.2, -0.15) is 0 Å². The topological polar surface area (TPSA) is 17.1 Å². The van der Waals surface area contributed by atoms with Crippen molar-refractivity contribution in [3.05, 3.63) is 0 Å². The Morgan fingerprint density at radius 1 is 0.636 bits per heavy atom. The van der Waals surface area contributed by atoms with Gasteiger partial charge in [0.2, 0.25) is 0 Å². The maximum atomic E-state index is 10.3. The zero-order chi connectivity index (χ0) is 16.8. The molecular weight excluding hydrogens is 268 g/mol. The molecule has 0 saturated carbocycles. The van der Waals surface area contributed by atoms with Gasteiger partial charge in [-0.3, -0.25) is 4.79 Å². The van der Waals surface area contributed by atoms with Crippen LogP contribution in [0.15, 0.2) is 0 Å². The summed E-state index contributed by atoms with van der Waals surface area (Å²) >= 11 is 0. The number of rotatable bonds is 15. The van der Waals surface area contributed by atoms with Gasteiger partial charge in [0.15, 0.2) is 6.29 Å². The van der Waals surface area contributed by atoms with Crippen molar-refractivity contribution in [3.8, 4) is 0 Å². The zero-order valence-corrected chi connectivity index (χ0v) is 16.0. The summed E-state index contributed by atoms with van der Waals surface area (Å²) in [7, 11) is 0. The maximum Gasteiger partial charge on any atom is 0.198 e. The Morgan fingerprint density at radius 3 is 1.36 bits per heavy atom. The lowest BCUT2D eigenvalue weighted by Crippen LogP contribution is -2.02. The molecule has 0 aromatic heterocycles. The van der Waals surface area contributed by atoms with Gasteiger partial charge < -0.3 is 0 Å². The average molecular weight is 310 g/mol. The highest BCUT2D eigenvalue weighted by Gasteiger charge is 2.08. The predicted octanol–water partition coefficient (Wildman–Crippen LogP) is 6.95. The summed E-state index contributed by atoms with van der Waals surface area (Å²) in [6, 6.07) is 0. The highest BCUT2D eigenvalue weighted by atomic mass is 16.1. The molecule has 0 aromatic rings. The standard InChI is InChI=1S/C21H41O/c1-6-18(2)10-7-11-19(3)12-8-13-20(4)14-9-15-21(5)16-17-22/h18-21H,6-16H2,1-5H3. The molecule has 4 unspecified atom stereocenters. The third-order valence-corrected chi connectivity index (χ3v) is 5.31. The molecule has 131 valence electrons. The lowest BCUT2D eigenvalue weighted by atomic mass is 9.90. The lowest BCUT2D eigenvalue weighted by Gasteiger charge is -2.16. The molecule has 0 aromatic carbocycles. The van der Waals surface area contributed by atoms with Crippen LogP contribution in [0.4, 0.5) is 0 Å². The minimum absolute atomic E-state index is 0.523. The second-order valence-corrected chi connectivity index (χ2v) is 7.97. The van der Waals surface area contributed by atoms with E-state index < -0.39 is 0 Å². The molecule has 0 saturated heterocycles. The predicted molar refractivity (Wildman–Crippen MR) is 98.8 cm³/mol. The van der Waals surface area contributed by atoms with E-state index in [0.717, 1.165) is 17.8 Å². The highest BCUT2D eigenvalue weighted by molar-refractivity contribution is 5.50. The van der Waals surface area contributed by atoms with Gasteiger partial charge in [0.25, 0.3) is 0 Å². The minimum Gasteiger partial charge on any atom is -0.291 e. The molecule has 0 bridgehead atoms. The lowest BCUT2D eigenvalue weighted by molar-refractivity contribution is 0.374. The van der Waals surface area contributed by atoms with Crippen LogP contribution in [0.5, 0.6) is 0 Å². The summed E-state index contributed by atoms with van der Waals surface area (Å²) in [5.41, 5.74) is 0. The molecule has 0 spiro atoms. The van der Waals surface area contributed by atoms with Crippen LogP contribution in [0.3, 0.4) is 0 Å². The first-order valence-electron chi connectivity index (χ1n) is 9.84. The molecule has 1 radical (unpaired) electrons. The second kappa shape index (κ2) is 14.3.